The van der Waals surface area contributed by atoms with Gasteiger partial charge in [-0.15, -0.1) is 5.73 Å². The van der Waals surface area contributed by atoms with Crippen LogP contribution in [-0.4, -0.2) is 24.9 Å². The fraction of sp³-hybridized carbons (Fsp3) is 0.316. The molecule has 23 heavy (non-hydrogen) atoms. The molecule has 3 atom stereocenters. The molecule has 0 bridgehead atoms. The van der Waals surface area contributed by atoms with Crippen molar-refractivity contribution in [2.45, 2.75) is 11.7 Å². The maximum absolute atomic E-state index is 6.03. The lowest BCUT2D eigenvalue weighted by Gasteiger charge is -2.13. The van der Waals surface area contributed by atoms with E-state index in [1.807, 2.05) is 18.2 Å². The normalized spacial score (nSPS) is 29.3. The summed E-state index contributed by atoms with van der Waals surface area (Å²) in [5, 5.41) is 3.55. The summed E-state index contributed by atoms with van der Waals surface area (Å²) in [6, 6.07) is 0. The van der Waals surface area contributed by atoms with Crippen LogP contribution in [0.15, 0.2) is 63.9 Å². The lowest BCUT2D eigenvalue weighted by Crippen LogP contribution is -2.15. The van der Waals surface area contributed by atoms with Crippen molar-refractivity contribution in [1.29, 1.82) is 0 Å². The molecule has 0 N–H and O–H groups in total. The van der Waals surface area contributed by atoms with Crippen LogP contribution in [0, 0.1) is 23.0 Å². The van der Waals surface area contributed by atoms with E-state index in [4.69, 9.17) is 9.47 Å². The monoisotopic (exact) mass is 321 g/mol. The lowest BCUT2D eigenvalue weighted by molar-refractivity contribution is 0.271. The minimum atomic E-state index is 0.186. The zero-order valence-electron chi connectivity index (χ0n) is 12.7. The van der Waals surface area contributed by atoms with Gasteiger partial charge < -0.3 is 9.47 Å². The Kier molecular flexibility index (Phi) is 3.77. The summed E-state index contributed by atoms with van der Waals surface area (Å²) in [4.78, 5) is 4.46. The van der Waals surface area contributed by atoms with Crippen molar-refractivity contribution in [3.8, 4) is 11.2 Å². The molecule has 3 unspecified atom stereocenters. The van der Waals surface area contributed by atoms with E-state index in [1.54, 1.807) is 25.1 Å². The Morgan fingerprint density at radius 2 is 2.39 bits per heavy atom. The van der Waals surface area contributed by atoms with Crippen molar-refractivity contribution >= 4 is 17.7 Å². The summed E-state index contributed by atoms with van der Waals surface area (Å²) in [5.41, 5.74) is 8.87. The average molecular weight is 321 g/mol. The number of nitrogens with zero attached hydrogens (tertiary/aromatic N) is 1. The molecule has 4 rings (SSSR count). The molecule has 1 fully saturated rings. The SMILES string of the molecule is COC1=C=CC(COC2=NC=C=CC3=C4C(SC#CC3)C24)C=C1. The molecule has 2 aliphatic carbocycles. The molecular weight excluding hydrogens is 306 g/mol. The first-order valence-electron chi connectivity index (χ1n) is 7.53. The van der Waals surface area contributed by atoms with Crippen LogP contribution in [0.2, 0.25) is 0 Å². The average Bonchev–Trinajstić information content (AvgIpc) is 3.29. The molecule has 114 valence electrons. The third-order valence-electron chi connectivity index (χ3n) is 4.11. The van der Waals surface area contributed by atoms with Crippen molar-refractivity contribution in [3.63, 3.8) is 0 Å². The number of hydrogen-bond donors (Lipinski definition) is 0. The van der Waals surface area contributed by atoms with Gasteiger partial charge in [-0.1, -0.05) is 29.5 Å². The number of allylic oxidation sites excluding steroid dienone is 2. The second kappa shape index (κ2) is 6.07. The van der Waals surface area contributed by atoms with Gasteiger partial charge in [-0.3, -0.25) is 0 Å². The van der Waals surface area contributed by atoms with Crippen LogP contribution in [0.5, 0.6) is 0 Å². The number of fused-ring (bicyclic) bond motifs is 1. The molecular formula is C19H15NO2S. The molecule has 0 radical (unpaired) electrons. The molecule has 0 aromatic rings. The molecule has 2 aliphatic heterocycles. The van der Waals surface area contributed by atoms with Crippen molar-refractivity contribution in [1.82, 2.24) is 0 Å². The molecule has 0 aromatic heterocycles. The molecule has 0 amide bonds. The molecule has 2 heterocycles. The first-order chi connectivity index (χ1) is 11.4. The Balaban J connectivity index is 1.49. The van der Waals surface area contributed by atoms with Gasteiger partial charge in [0.1, 0.15) is 0 Å². The van der Waals surface area contributed by atoms with Gasteiger partial charge in [0.2, 0.25) is 0 Å². The largest absolute Gasteiger partial charge is 0.489 e. The van der Waals surface area contributed by atoms with Crippen LogP contribution in [0.3, 0.4) is 0 Å². The molecule has 3 nitrogen and oxygen atoms in total. The summed E-state index contributed by atoms with van der Waals surface area (Å²) in [6.45, 7) is 0.555. The van der Waals surface area contributed by atoms with E-state index in [0.29, 0.717) is 11.9 Å². The van der Waals surface area contributed by atoms with Crippen molar-refractivity contribution in [2.24, 2.45) is 16.8 Å². The predicted molar refractivity (Wildman–Crippen MR) is 91.6 cm³/mol. The van der Waals surface area contributed by atoms with Gasteiger partial charge in [0.15, 0.2) is 11.7 Å². The standard InChI is InChI=1S/C19H15NO2S/c1-21-15-8-6-13(7-9-15)12-22-19-17-16-14(4-2-10-20-19)5-3-11-23-18(16)17/h4,6-8,10,13,17-18H,5,12H2,1H3. The molecule has 0 saturated heterocycles. The Hall–Kier alpha value is -2.30. The third kappa shape index (κ3) is 2.83. The van der Waals surface area contributed by atoms with E-state index in [1.165, 1.54) is 11.1 Å². The molecule has 0 aromatic carbocycles. The lowest BCUT2D eigenvalue weighted by atomic mass is 10.1. The van der Waals surface area contributed by atoms with Crippen molar-refractivity contribution < 1.29 is 9.47 Å². The number of ether oxygens (including phenoxy) is 2. The summed E-state index contributed by atoms with van der Waals surface area (Å²) in [5.74, 6) is 5.15. The van der Waals surface area contributed by atoms with Gasteiger partial charge in [-0.2, -0.15) is 0 Å². The summed E-state index contributed by atoms with van der Waals surface area (Å²) in [6.07, 6.45) is 10.4. The first kappa shape index (κ1) is 14.3. The zero-order chi connectivity index (χ0) is 15.6. The van der Waals surface area contributed by atoms with Crippen LogP contribution in [0.25, 0.3) is 0 Å². The predicted octanol–water partition coefficient (Wildman–Crippen LogP) is 3.35. The number of methoxy groups -OCH3 is 1. The molecule has 4 heteroatoms. The Bertz CT molecular complexity index is 821. The van der Waals surface area contributed by atoms with Crippen LogP contribution in [0.1, 0.15) is 6.42 Å². The number of hydrogen-bond acceptors (Lipinski definition) is 4. The minimum Gasteiger partial charge on any atom is -0.489 e. The molecule has 1 saturated carbocycles. The highest BCUT2D eigenvalue weighted by Gasteiger charge is 2.51. The maximum atomic E-state index is 6.03. The second-order valence-electron chi connectivity index (χ2n) is 5.57. The van der Waals surface area contributed by atoms with Gasteiger partial charge >= 0.3 is 0 Å². The van der Waals surface area contributed by atoms with E-state index >= 15 is 0 Å². The van der Waals surface area contributed by atoms with Gasteiger partial charge in [0.05, 0.1) is 31.1 Å². The highest BCUT2D eigenvalue weighted by atomic mass is 32.2. The first-order valence-corrected chi connectivity index (χ1v) is 8.41. The van der Waals surface area contributed by atoms with Crippen LogP contribution in [-0.2, 0) is 9.47 Å². The highest BCUT2D eigenvalue weighted by molar-refractivity contribution is 8.05. The van der Waals surface area contributed by atoms with E-state index in [9.17, 15) is 0 Å². The third-order valence-corrected chi connectivity index (χ3v) is 5.15. The second-order valence-corrected chi connectivity index (χ2v) is 6.52. The topological polar surface area (TPSA) is 30.8 Å². The highest BCUT2D eigenvalue weighted by Crippen LogP contribution is 2.52. The minimum absolute atomic E-state index is 0.186. The molecule has 4 aliphatic rings. The quantitative estimate of drug-likeness (QED) is 0.590. The Labute approximate surface area is 139 Å². The summed E-state index contributed by atoms with van der Waals surface area (Å²) in [7, 11) is 1.64. The van der Waals surface area contributed by atoms with Gasteiger partial charge in [0, 0.05) is 12.3 Å². The van der Waals surface area contributed by atoms with Crippen LogP contribution >= 0.6 is 11.8 Å². The van der Waals surface area contributed by atoms with E-state index in [2.05, 4.69) is 33.7 Å². The van der Waals surface area contributed by atoms with Gasteiger partial charge in [-0.05, 0) is 34.6 Å². The zero-order valence-corrected chi connectivity index (χ0v) is 13.5. The Morgan fingerprint density at radius 1 is 1.43 bits per heavy atom. The summed E-state index contributed by atoms with van der Waals surface area (Å²) >= 11 is 1.68. The number of rotatable bonds is 3. The number of aliphatic imine (C=N–C) groups is 1. The van der Waals surface area contributed by atoms with E-state index in [0.717, 1.165) is 18.1 Å². The smallest absolute Gasteiger partial charge is 0.197 e. The van der Waals surface area contributed by atoms with Gasteiger partial charge in [0.25, 0.3) is 0 Å². The number of thioether (sulfide) groups is 1. The fourth-order valence-corrected chi connectivity index (χ4v) is 3.88. The maximum Gasteiger partial charge on any atom is 0.197 e. The van der Waals surface area contributed by atoms with Crippen LogP contribution < -0.4 is 0 Å². The van der Waals surface area contributed by atoms with Gasteiger partial charge in [-0.25, -0.2) is 4.99 Å². The Morgan fingerprint density at radius 3 is 3.22 bits per heavy atom. The van der Waals surface area contributed by atoms with E-state index < -0.39 is 0 Å². The summed E-state index contributed by atoms with van der Waals surface area (Å²) < 4.78 is 11.2. The van der Waals surface area contributed by atoms with Crippen LogP contribution in [0.4, 0.5) is 0 Å². The fourth-order valence-electron chi connectivity index (χ4n) is 2.85. The van der Waals surface area contributed by atoms with Crippen molar-refractivity contribution in [2.75, 3.05) is 13.7 Å². The van der Waals surface area contributed by atoms with Crippen molar-refractivity contribution in [3.05, 3.63) is 58.9 Å². The van der Waals surface area contributed by atoms with E-state index in [-0.39, 0.29) is 11.8 Å². The molecule has 0 spiro atoms.